The van der Waals surface area contributed by atoms with Gasteiger partial charge in [-0.3, -0.25) is 0 Å². The first kappa shape index (κ1) is 13.6. The predicted molar refractivity (Wildman–Crippen MR) is 80.1 cm³/mol. The normalized spacial score (nSPS) is 17.6. The smallest absolute Gasteiger partial charge is 0.224 e. The van der Waals surface area contributed by atoms with E-state index in [0.717, 1.165) is 30.5 Å². The van der Waals surface area contributed by atoms with E-state index in [2.05, 4.69) is 53.6 Å². The molecule has 106 valence electrons. The van der Waals surface area contributed by atoms with Crippen LogP contribution in [0.4, 0.5) is 0 Å². The molecule has 1 unspecified atom stereocenters. The summed E-state index contributed by atoms with van der Waals surface area (Å²) in [5, 5.41) is 11.8. The van der Waals surface area contributed by atoms with Crippen LogP contribution in [-0.2, 0) is 6.42 Å². The molecule has 0 spiro atoms. The molecule has 1 N–H and O–H groups in total. The number of hydrogen-bond donors (Lipinski definition) is 1. The number of aromatic nitrogens is 2. The molecule has 0 bridgehead atoms. The number of thioether (sulfide) groups is 1. The van der Waals surface area contributed by atoms with Gasteiger partial charge in [-0.05, 0) is 11.6 Å². The molecule has 20 heavy (non-hydrogen) atoms. The Kier molecular flexibility index (Phi) is 4.08. The summed E-state index contributed by atoms with van der Waals surface area (Å²) in [6, 6.07) is 8.94. The zero-order valence-electron chi connectivity index (χ0n) is 11.8. The quantitative estimate of drug-likeness (QED) is 0.917. The molecule has 3 rings (SSSR count). The van der Waals surface area contributed by atoms with Crippen LogP contribution >= 0.6 is 11.8 Å². The van der Waals surface area contributed by atoms with E-state index in [1.165, 1.54) is 10.5 Å². The van der Waals surface area contributed by atoms with Crippen molar-refractivity contribution in [2.45, 2.75) is 37.1 Å². The topological polar surface area (TPSA) is 51.0 Å². The summed E-state index contributed by atoms with van der Waals surface area (Å²) in [5.41, 5.74) is 1.31. The van der Waals surface area contributed by atoms with Gasteiger partial charge in [0.15, 0.2) is 0 Å². The maximum Gasteiger partial charge on any atom is 0.224 e. The molecule has 5 heteroatoms. The molecule has 4 nitrogen and oxygen atoms in total. The first-order chi connectivity index (χ1) is 9.74. The molecule has 0 saturated heterocycles. The Balaban J connectivity index is 1.69. The van der Waals surface area contributed by atoms with Crippen LogP contribution in [0.1, 0.15) is 37.1 Å². The Morgan fingerprint density at radius 2 is 2.20 bits per heavy atom. The fourth-order valence-corrected chi connectivity index (χ4v) is 3.56. The van der Waals surface area contributed by atoms with E-state index in [0.29, 0.717) is 6.04 Å². The first-order valence-corrected chi connectivity index (χ1v) is 8.00. The Bertz CT molecular complexity index is 582. The van der Waals surface area contributed by atoms with Gasteiger partial charge in [0, 0.05) is 29.7 Å². The van der Waals surface area contributed by atoms with Crippen LogP contribution in [0.2, 0.25) is 0 Å². The third-order valence-electron chi connectivity index (χ3n) is 3.37. The van der Waals surface area contributed by atoms with Crippen LogP contribution in [0.3, 0.4) is 0 Å². The van der Waals surface area contributed by atoms with Crippen molar-refractivity contribution in [3.05, 3.63) is 41.6 Å². The minimum Gasteiger partial charge on any atom is -0.425 e. The second-order valence-electron chi connectivity index (χ2n) is 5.29. The highest BCUT2D eigenvalue weighted by atomic mass is 32.2. The van der Waals surface area contributed by atoms with Crippen molar-refractivity contribution in [3.63, 3.8) is 0 Å². The van der Waals surface area contributed by atoms with Gasteiger partial charge in [-0.25, -0.2) is 0 Å². The first-order valence-electron chi connectivity index (χ1n) is 7.01. The molecule has 2 heterocycles. The van der Waals surface area contributed by atoms with Gasteiger partial charge >= 0.3 is 0 Å². The third-order valence-corrected chi connectivity index (χ3v) is 4.55. The van der Waals surface area contributed by atoms with Crippen LogP contribution < -0.4 is 5.32 Å². The molecule has 0 saturated carbocycles. The second kappa shape index (κ2) is 5.97. The van der Waals surface area contributed by atoms with Gasteiger partial charge in [-0.15, -0.1) is 22.0 Å². The van der Waals surface area contributed by atoms with E-state index in [1.54, 1.807) is 0 Å². The van der Waals surface area contributed by atoms with Crippen LogP contribution in [0.25, 0.3) is 0 Å². The van der Waals surface area contributed by atoms with Crippen molar-refractivity contribution in [1.82, 2.24) is 15.5 Å². The zero-order valence-corrected chi connectivity index (χ0v) is 12.6. The van der Waals surface area contributed by atoms with Gasteiger partial charge < -0.3 is 9.73 Å². The summed E-state index contributed by atoms with van der Waals surface area (Å²) < 4.78 is 5.83. The van der Waals surface area contributed by atoms with Gasteiger partial charge in [0.25, 0.3) is 0 Å². The molecule has 1 aromatic heterocycles. The monoisotopic (exact) mass is 289 g/mol. The van der Waals surface area contributed by atoms with Crippen molar-refractivity contribution >= 4 is 11.8 Å². The molecule has 0 amide bonds. The van der Waals surface area contributed by atoms with Crippen molar-refractivity contribution in [2.75, 3.05) is 12.3 Å². The fraction of sp³-hybridized carbons (Fsp3) is 0.467. The Morgan fingerprint density at radius 3 is 3.05 bits per heavy atom. The van der Waals surface area contributed by atoms with Crippen LogP contribution in [0.5, 0.6) is 0 Å². The Labute approximate surface area is 123 Å². The van der Waals surface area contributed by atoms with Crippen LogP contribution in [-0.4, -0.2) is 28.5 Å². The predicted octanol–water partition coefficient (Wildman–Crippen LogP) is 2.85. The Hall–Kier alpha value is -1.33. The highest BCUT2D eigenvalue weighted by Crippen LogP contribution is 2.42. The SMILES string of the molecule is CC(C)NCCc1nnc(C2CSc3ccccc32)o1. The number of nitrogens with one attached hydrogen (secondary N) is 1. The lowest BCUT2D eigenvalue weighted by Crippen LogP contribution is -2.25. The molecule has 0 aliphatic carbocycles. The average molecular weight is 289 g/mol. The minimum atomic E-state index is 0.246. The lowest BCUT2D eigenvalue weighted by Gasteiger charge is -2.06. The lowest BCUT2D eigenvalue weighted by atomic mass is 10.0. The highest BCUT2D eigenvalue weighted by Gasteiger charge is 2.28. The molecule has 0 fully saturated rings. The molecule has 1 aromatic carbocycles. The van der Waals surface area contributed by atoms with E-state index < -0.39 is 0 Å². The number of rotatable bonds is 5. The Morgan fingerprint density at radius 1 is 1.35 bits per heavy atom. The third kappa shape index (κ3) is 2.88. The van der Waals surface area contributed by atoms with Gasteiger partial charge in [-0.2, -0.15) is 0 Å². The summed E-state index contributed by atoms with van der Waals surface area (Å²) in [4.78, 5) is 1.33. The molecule has 2 aromatic rings. The second-order valence-corrected chi connectivity index (χ2v) is 6.36. The highest BCUT2D eigenvalue weighted by molar-refractivity contribution is 7.99. The largest absolute Gasteiger partial charge is 0.425 e. The van der Waals surface area contributed by atoms with Gasteiger partial charge in [0.2, 0.25) is 11.8 Å². The summed E-state index contributed by atoms with van der Waals surface area (Å²) in [5.74, 6) is 2.71. The number of fused-ring (bicyclic) bond motifs is 1. The lowest BCUT2D eigenvalue weighted by molar-refractivity contribution is 0.432. The molecule has 0 radical (unpaired) electrons. The van der Waals surface area contributed by atoms with Gasteiger partial charge in [-0.1, -0.05) is 32.0 Å². The van der Waals surface area contributed by atoms with Crippen molar-refractivity contribution < 1.29 is 4.42 Å². The van der Waals surface area contributed by atoms with Crippen molar-refractivity contribution in [2.24, 2.45) is 0 Å². The fourth-order valence-electron chi connectivity index (χ4n) is 2.34. The molecule has 1 aliphatic rings. The van der Waals surface area contributed by atoms with Gasteiger partial charge in [0.05, 0.1) is 5.92 Å². The molecule has 1 atom stereocenters. The molecule has 1 aliphatic heterocycles. The van der Waals surface area contributed by atoms with Crippen molar-refractivity contribution in [1.29, 1.82) is 0 Å². The summed E-state index contributed by atoms with van der Waals surface area (Å²) in [6.07, 6.45) is 0.784. The van der Waals surface area contributed by atoms with E-state index in [4.69, 9.17) is 4.42 Å². The van der Waals surface area contributed by atoms with E-state index >= 15 is 0 Å². The minimum absolute atomic E-state index is 0.246. The number of hydrogen-bond acceptors (Lipinski definition) is 5. The van der Waals surface area contributed by atoms with Crippen LogP contribution in [0.15, 0.2) is 33.6 Å². The number of nitrogens with zero attached hydrogens (tertiary/aromatic N) is 2. The zero-order chi connectivity index (χ0) is 13.9. The summed E-state index contributed by atoms with van der Waals surface area (Å²) >= 11 is 1.86. The molecular weight excluding hydrogens is 270 g/mol. The van der Waals surface area contributed by atoms with E-state index in [1.807, 2.05) is 11.8 Å². The van der Waals surface area contributed by atoms with Gasteiger partial charge in [0.1, 0.15) is 0 Å². The summed E-state index contributed by atoms with van der Waals surface area (Å²) in [6.45, 7) is 5.13. The van der Waals surface area contributed by atoms with E-state index in [9.17, 15) is 0 Å². The maximum absolute atomic E-state index is 5.83. The van der Waals surface area contributed by atoms with Crippen LogP contribution in [0, 0.1) is 0 Å². The summed E-state index contributed by atoms with van der Waals surface area (Å²) in [7, 11) is 0. The van der Waals surface area contributed by atoms with E-state index in [-0.39, 0.29) is 5.92 Å². The standard InChI is InChI=1S/C15H19N3OS/c1-10(2)16-8-7-14-17-18-15(19-14)12-9-20-13-6-4-3-5-11(12)13/h3-6,10,12,16H,7-9H2,1-2H3. The maximum atomic E-state index is 5.83. The molecular formula is C15H19N3OS. The number of benzene rings is 1. The average Bonchev–Trinajstić information content (AvgIpc) is 3.04. The van der Waals surface area contributed by atoms with Crippen molar-refractivity contribution in [3.8, 4) is 0 Å².